The molecular weight excluding hydrogens is 367 g/mol. The van der Waals surface area contributed by atoms with Gasteiger partial charge in [-0.25, -0.2) is 17.1 Å². The van der Waals surface area contributed by atoms with Gasteiger partial charge in [0.25, 0.3) is 0 Å². The molecule has 5 nitrogen and oxygen atoms in total. The number of sulfonamides is 1. The van der Waals surface area contributed by atoms with Crippen molar-refractivity contribution in [3.63, 3.8) is 0 Å². The summed E-state index contributed by atoms with van der Waals surface area (Å²) < 4.78 is 40.3. The lowest BCUT2D eigenvalue weighted by molar-refractivity contribution is -0.126. The molecule has 0 aliphatic carbocycles. The number of unbranched alkanes of at least 4 members (excludes halogenated alkanes) is 1. The third-order valence-electron chi connectivity index (χ3n) is 4.44. The summed E-state index contributed by atoms with van der Waals surface area (Å²) in [7, 11) is -3.67. The Labute approximate surface area is 153 Å². The van der Waals surface area contributed by atoms with Crippen molar-refractivity contribution < 1.29 is 17.6 Å². The van der Waals surface area contributed by atoms with Crippen LogP contribution in [0.25, 0.3) is 0 Å². The quantitative estimate of drug-likeness (QED) is 0.728. The SMILES string of the molecule is CCCCNC(=O)C1CCN(S(=O)(=O)Cc2c(F)cccc2Cl)CC1. The molecule has 1 fully saturated rings. The zero-order valence-electron chi connectivity index (χ0n) is 14.3. The van der Waals surface area contributed by atoms with Gasteiger partial charge in [0.1, 0.15) is 5.82 Å². The Morgan fingerprint density at radius 1 is 1.36 bits per heavy atom. The summed E-state index contributed by atoms with van der Waals surface area (Å²) in [5.74, 6) is -1.27. The molecule has 140 valence electrons. The van der Waals surface area contributed by atoms with Gasteiger partial charge in [0, 0.05) is 36.1 Å². The third kappa shape index (κ3) is 5.39. The molecule has 2 rings (SSSR count). The fourth-order valence-corrected chi connectivity index (χ4v) is 4.79. The molecule has 1 aliphatic rings. The second kappa shape index (κ2) is 8.96. The van der Waals surface area contributed by atoms with E-state index < -0.39 is 21.6 Å². The van der Waals surface area contributed by atoms with E-state index in [2.05, 4.69) is 12.2 Å². The van der Waals surface area contributed by atoms with Gasteiger partial charge in [-0.1, -0.05) is 31.0 Å². The van der Waals surface area contributed by atoms with E-state index in [1.54, 1.807) is 0 Å². The van der Waals surface area contributed by atoms with Crippen LogP contribution in [0.5, 0.6) is 0 Å². The summed E-state index contributed by atoms with van der Waals surface area (Å²) in [6.07, 6.45) is 2.89. The second-order valence-corrected chi connectivity index (χ2v) is 8.65. The molecule has 0 saturated carbocycles. The normalized spacial score (nSPS) is 16.8. The van der Waals surface area contributed by atoms with Crippen LogP contribution in [0, 0.1) is 11.7 Å². The van der Waals surface area contributed by atoms with E-state index in [1.165, 1.54) is 22.5 Å². The topological polar surface area (TPSA) is 66.5 Å². The molecule has 1 amide bonds. The number of halogens is 2. The van der Waals surface area contributed by atoms with Gasteiger partial charge >= 0.3 is 0 Å². The zero-order chi connectivity index (χ0) is 18.4. The van der Waals surface area contributed by atoms with Gasteiger partial charge in [-0.2, -0.15) is 0 Å². The van der Waals surface area contributed by atoms with Crippen LogP contribution in [0.1, 0.15) is 38.2 Å². The predicted octanol–water partition coefficient (Wildman–Crippen LogP) is 2.94. The minimum absolute atomic E-state index is 0.0106. The average Bonchev–Trinajstić information content (AvgIpc) is 2.58. The first-order valence-electron chi connectivity index (χ1n) is 8.53. The number of piperidine rings is 1. The Balaban J connectivity index is 1.94. The highest BCUT2D eigenvalue weighted by molar-refractivity contribution is 7.88. The van der Waals surface area contributed by atoms with Crippen LogP contribution in [-0.2, 0) is 20.6 Å². The molecule has 8 heteroatoms. The number of nitrogens with zero attached hydrogens (tertiary/aromatic N) is 1. The molecule has 0 unspecified atom stereocenters. The fourth-order valence-electron chi connectivity index (χ4n) is 2.87. The number of hydrogen-bond donors (Lipinski definition) is 1. The van der Waals surface area contributed by atoms with Crippen LogP contribution in [0.3, 0.4) is 0 Å². The minimum atomic E-state index is -3.67. The molecule has 0 bridgehead atoms. The van der Waals surface area contributed by atoms with Gasteiger partial charge in [0.15, 0.2) is 0 Å². The lowest BCUT2D eigenvalue weighted by Crippen LogP contribution is -2.43. The van der Waals surface area contributed by atoms with E-state index in [0.29, 0.717) is 19.4 Å². The summed E-state index contributed by atoms with van der Waals surface area (Å²) >= 11 is 5.92. The van der Waals surface area contributed by atoms with E-state index in [1.807, 2.05) is 0 Å². The van der Waals surface area contributed by atoms with Crippen LogP contribution in [0.2, 0.25) is 5.02 Å². The van der Waals surface area contributed by atoms with Crippen LogP contribution < -0.4 is 5.32 Å². The summed E-state index contributed by atoms with van der Waals surface area (Å²) in [5, 5.41) is 2.99. The maximum Gasteiger partial charge on any atom is 0.223 e. The number of hydrogen-bond acceptors (Lipinski definition) is 3. The molecule has 1 aromatic rings. The Morgan fingerprint density at radius 3 is 2.64 bits per heavy atom. The van der Waals surface area contributed by atoms with Crippen molar-refractivity contribution in [3.05, 3.63) is 34.6 Å². The predicted molar refractivity (Wildman–Crippen MR) is 96.2 cm³/mol. The Bertz CT molecular complexity index is 684. The summed E-state index contributed by atoms with van der Waals surface area (Å²) in [6, 6.07) is 4.11. The molecule has 1 heterocycles. The van der Waals surface area contributed by atoms with Gasteiger partial charge in [-0.3, -0.25) is 4.79 Å². The number of nitrogens with one attached hydrogen (secondary N) is 1. The van der Waals surface area contributed by atoms with Crippen molar-refractivity contribution in [1.82, 2.24) is 9.62 Å². The van der Waals surface area contributed by atoms with Gasteiger partial charge in [-0.15, -0.1) is 0 Å². The summed E-state index contributed by atoms with van der Waals surface area (Å²) in [6.45, 7) is 3.23. The number of amides is 1. The van der Waals surface area contributed by atoms with E-state index >= 15 is 0 Å². The highest BCUT2D eigenvalue weighted by atomic mass is 35.5. The molecule has 1 aliphatic heterocycles. The Morgan fingerprint density at radius 2 is 2.04 bits per heavy atom. The van der Waals surface area contributed by atoms with Gasteiger partial charge in [-0.05, 0) is 31.4 Å². The van der Waals surface area contributed by atoms with Crippen molar-refractivity contribution in [1.29, 1.82) is 0 Å². The lowest BCUT2D eigenvalue weighted by atomic mass is 9.97. The highest BCUT2D eigenvalue weighted by Gasteiger charge is 2.31. The number of benzene rings is 1. The van der Waals surface area contributed by atoms with E-state index in [0.717, 1.165) is 12.8 Å². The summed E-state index contributed by atoms with van der Waals surface area (Å²) in [5.41, 5.74) is -0.0106. The van der Waals surface area contributed by atoms with Crippen molar-refractivity contribution in [2.24, 2.45) is 5.92 Å². The molecule has 1 saturated heterocycles. The maximum absolute atomic E-state index is 13.8. The Hall–Kier alpha value is -1.18. The van der Waals surface area contributed by atoms with Crippen molar-refractivity contribution in [2.45, 2.75) is 38.4 Å². The molecule has 0 atom stereocenters. The Kier molecular flexibility index (Phi) is 7.22. The number of carbonyl (C=O) groups is 1. The monoisotopic (exact) mass is 390 g/mol. The maximum atomic E-state index is 13.8. The smallest absolute Gasteiger partial charge is 0.223 e. The zero-order valence-corrected chi connectivity index (χ0v) is 15.9. The standard InChI is InChI=1S/C17H24ClFN2O3S/c1-2-3-9-20-17(22)13-7-10-21(11-8-13)25(23,24)12-14-15(18)5-4-6-16(14)19/h4-6,13H,2-3,7-12H2,1H3,(H,20,22). The van der Waals surface area contributed by atoms with Crippen molar-refractivity contribution in [2.75, 3.05) is 19.6 Å². The lowest BCUT2D eigenvalue weighted by Gasteiger charge is -2.30. The first-order chi connectivity index (χ1) is 11.8. The molecule has 0 radical (unpaired) electrons. The molecule has 1 N–H and O–H groups in total. The number of carbonyl (C=O) groups excluding carboxylic acids is 1. The minimum Gasteiger partial charge on any atom is -0.356 e. The number of rotatable bonds is 7. The molecule has 0 spiro atoms. The van der Waals surface area contributed by atoms with Crippen molar-refractivity contribution >= 4 is 27.5 Å². The molecule has 0 aromatic heterocycles. The van der Waals surface area contributed by atoms with Crippen molar-refractivity contribution in [3.8, 4) is 0 Å². The van der Waals surface area contributed by atoms with Gasteiger partial charge < -0.3 is 5.32 Å². The van der Waals surface area contributed by atoms with Crippen LogP contribution in [0.15, 0.2) is 18.2 Å². The molecule has 25 heavy (non-hydrogen) atoms. The van der Waals surface area contributed by atoms with E-state index in [-0.39, 0.29) is 35.5 Å². The van der Waals surface area contributed by atoms with Crippen LogP contribution in [-0.4, -0.2) is 38.3 Å². The first-order valence-corrected chi connectivity index (χ1v) is 10.5. The third-order valence-corrected chi connectivity index (χ3v) is 6.60. The van der Waals surface area contributed by atoms with E-state index in [4.69, 9.17) is 11.6 Å². The molecule has 1 aromatic carbocycles. The van der Waals surface area contributed by atoms with Gasteiger partial charge in [0.05, 0.1) is 5.75 Å². The highest BCUT2D eigenvalue weighted by Crippen LogP contribution is 2.26. The average molecular weight is 391 g/mol. The molecular formula is C17H24ClFN2O3S. The van der Waals surface area contributed by atoms with E-state index in [9.17, 15) is 17.6 Å². The van der Waals surface area contributed by atoms with Crippen LogP contribution in [0.4, 0.5) is 4.39 Å². The first kappa shape index (κ1) is 20.1. The fraction of sp³-hybridized carbons (Fsp3) is 0.588. The summed E-state index contributed by atoms with van der Waals surface area (Å²) in [4.78, 5) is 12.1. The second-order valence-electron chi connectivity index (χ2n) is 6.27. The largest absolute Gasteiger partial charge is 0.356 e. The van der Waals surface area contributed by atoms with Gasteiger partial charge in [0.2, 0.25) is 15.9 Å². The van der Waals surface area contributed by atoms with Crippen LogP contribution >= 0.6 is 11.6 Å².